The molecule has 0 unspecified atom stereocenters. The number of phenols is 1. The number of benzene rings is 1. The van der Waals surface area contributed by atoms with Gasteiger partial charge in [0, 0.05) is 19.0 Å². The largest absolute Gasteiger partial charge is 0.508 e. The molecule has 1 aliphatic heterocycles. The van der Waals surface area contributed by atoms with E-state index in [4.69, 9.17) is 10.2 Å². The lowest BCUT2D eigenvalue weighted by molar-refractivity contribution is -0.141. The SMILES string of the molecule is O=C(O)[C@@H]1C[C@H](O)CN1C(=O)c1ccc(O)cc1F. The molecule has 6 nitrogen and oxygen atoms in total. The van der Waals surface area contributed by atoms with Gasteiger partial charge in [-0.25, -0.2) is 9.18 Å². The molecule has 0 spiro atoms. The Morgan fingerprint density at radius 2 is 2.05 bits per heavy atom. The lowest BCUT2D eigenvalue weighted by Gasteiger charge is -2.21. The summed E-state index contributed by atoms with van der Waals surface area (Å²) in [7, 11) is 0. The molecule has 0 bridgehead atoms. The van der Waals surface area contributed by atoms with Gasteiger partial charge in [-0.2, -0.15) is 0 Å². The lowest BCUT2D eigenvalue weighted by atomic mass is 10.1. The predicted molar refractivity (Wildman–Crippen MR) is 61.1 cm³/mol. The summed E-state index contributed by atoms with van der Waals surface area (Å²) in [5.74, 6) is -3.33. The van der Waals surface area contributed by atoms with Crippen molar-refractivity contribution in [1.29, 1.82) is 0 Å². The van der Waals surface area contributed by atoms with Crippen LogP contribution in [0, 0.1) is 5.82 Å². The van der Waals surface area contributed by atoms with E-state index in [0.29, 0.717) is 0 Å². The van der Waals surface area contributed by atoms with Gasteiger partial charge in [0.25, 0.3) is 5.91 Å². The van der Waals surface area contributed by atoms with Gasteiger partial charge < -0.3 is 20.2 Å². The molecule has 3 N–H and O–H groups in total. The number of β-amino-alcohol motifs (C(OH)–C–C–N with tert-alkyl or cyclic N) is 1. The fourth-order valence-electron chi connectivity index (χ4n) is 2.10. The van der Waals surface area contributed by atoms with E-state index in [9.17, 15) is 19.1 Å². The highest BCUT2D eigenvalue weighted by Crippen LogP contribution is 2.23. The van der Waals surface area contributed by atoms with Crippen molar-refractivity contribution in [1.82, 2.24) is 4.90 Å². The third kappa shape index (κ3) is 2.50. The Balaban J connectivity index is 2.30. The number of carboxylic acid groups (broad SMARTS) is 1. The van der Waals surface area contributed by atoms with Gasteiger partial charge in [-0.3, -0.25) is 4.79 Å². The first kappa shape index (κ1) is 13.3. The van der Waals surface area contributed by atoms with Crippen molar-refractivity contribution in [2.24, 2.45) is 0 Å². The fourth-order valence-corrected chi connectivity index (χ4v) is 2.10. The Hall–Kier alpha value is -2.15. The standard InChI is InChI=1S/C12H12FNO5/c13-9-3-6(15)1-2-8(9)11(17)14-5-7(16)4-10(14)12(18)19/h1-3,7,10,15-16H,4-5H2,(H,18,19)/t7-,10-/m0/s1. The second-order valence-electron chi connectivity index (χ2n) is 4.37. The van der Waals surface area contributed by atoms with Crippen LogP contribution in [0.1, 0.15) is 16.8 Å². The zero-order valence-corrected chi connectivity index (χ0v) is 9.78. The molecule has 1 amide bonds. The van der Waals surface area contributed by atoms with Crippen molar-refractivity contribution in [2.75, 3.05) is 6.54 Å². The number of carboxylic acids is 1. The van der Waals surface area contributed by atoms with E-state index >= 15 is 0 Å². The van der Waals surface area contributed by atoms with E-state index in [1.54, 1.807) is 0 Å². The molecule has 102 valence electrons. The summed E-state index contributed by atoms with van der Waals surface area (Å²) in [6.45, 7) is -0.157. The van der Waals surface area contributed by atoms with E-state index in [-0.39, 0.29) is 24.3 Å². The molecule has 1 saturated heterocycles. The van der Waals surface area contributed by atoms with Gasteiger partial charge in [0.1, 0.15) is 17.6 Å². The number of rotatable bonds is 2. The number of amides is 1. The van der Waals surface area contributed by atoms with Crippen LogP contribution in [-0.2, 0) is 4.79 Å². The molecule has 1 fully saturated rings. The maximum Gasteiger partial charge on any atom is 0.326 e. The molecule has 0 saturated carbocycles. The Kier molecular flexibility index (Phi) is 3.39. The molecule has 7 heteroatoms. The summed E-state index contributed by atoms with van der Waals surface area (Å²) < 4.78 is 13.6. The number of phenolic OH excluding ortho intramolecular Hbond substituents is 1. The van der Waals surface area contributed by atoms with Gasteiger partial charge in [-0.1, -0.05) is 0 Å². The van der Waals surface area contributed by atoms with Crippen LogP contribution in [0.5, 0.6) is 5.75 Å². The lowest BCUT2D eigenvalue weighted by Crippen LogP contribution is -2.40. The van der Waals surface area contributed by atoms with Crippen LogP contribution >= 0.6 is 0 Å². The predicted octanol–water partition coefficient (Wildman–Crippen LogP) is 0.191. The molecule has 1 aliphatic rings. The van der Waals surface area contributed by atoms with Crippen molar-refractivity contribution >= 4 is 11.9 Å². The van der Waals surface area contributed by atoms with Gasteiger partial charge in [0.15, 0.2) is 0 Å². The van der Waals surface area contributed by atoms with E-state index in [0.717, 1.165) is 23.1 Å². The Labute approximate surface area is 107 Å². The van der Waals surface area contributed by atoms with Crippen LogP contribution in [0.4, 0.5) is 4.39 Å². The average molecular weight is 269 g/mol. The molecule has 2 atom stereocenters. The maximum atomic E-state index is 13.6. The van der Waals surface area contributed by atoms with Gasteiger partial charge in [0.2, 0.25) is 0 Å². The number of aliphatic hydroxyl groups excluding tert-OH is 1. The normalized spacial score (nSPS) is 22.5. The zero-order chi connectivity index (χ0) is 14.2. The molecule has 0 aromatic heterocycles. The molecule has 2 rings (SSSR count). The molecule has 0 radical (unpaired) electrons. The number of nitrogens with zero attached hydrogens (tertiary/aromatic N) is 1. The highest BCUT2D eigenvalue weighted by Gasteiger charge is 2.39. The number of aliphatic carboxylic acids is 1. The van der Waals surface area contributed by atoms with Crippen LogP contribution in [0.15, 0.2) is 18.2 Å². The summed E-state index contributed by atoms with van der Waals surface area (Å²) in [6.07, 6.45) is -1.02. The van der Waals surface area contributed by atoms with Gasteiger partial charge in [0.05, 0.1) is 11.7 Å². The second kappa shape index (κ2) is 4.85. The van der Waals surface area contributed by atoms with Crippen molar-refractivity contribution in [3.63, 3.8) is 0 Å². The first-order chi connectivity index (χ1) is 8.90. The number of hydrogen-bond acceptors (Lipinski definition) is 4. The summed E-state index contributed by atoms with van der Waals surface area (Å²) >= 11 is 0. The minimum atomic E-state index is -1.25. The van der Waals surface area contributed by atoms with Crippen molar-refractivity contribution in [3.8, 4) is 5.75 Å². The van der Waals surface area contributed by atoms with Gasteiger partial charge in [-0.15, -0.1) is 0 Å². The minimum absolute atomic E-state index is 0.0826. The molecular weight excluding hydrogens is 257 g/mol. The number of hydrogen-bond donors (Lipinski definition) is 3. The summed E-state index contributed by atoms with van der Waals surface area (Å²) in [5.41, 5.74) is -0.335. The first-order valence-electron chi connectivity index (χ1n) is 5.60. The summed E-state index contributed by atoms with van der Waals surface area (Å²) in [5, 5.41) is 27.5. The molecular formula is C12H12FNO5. The van der Waals surface area contributed by atoms with Crippen LogP contribution in [0.3, 0.4) is 0 Å². The van der Waals surface area contributed by atoms with E-state index in [1.807, 2.05) is 0 Å². The number of halogens is 1. The van der Waals surface area contributed by atoms with Crippen molar-refractivity contribution in [2.45, 2.75) is 18.6 Å². The van der Waals surface area contributed by atoms with Crippen LogP contribution in [-0.4, -0.2) is 50.8 Å². The highest BCUT2D eigenvalue weighted by atomic mass is 19.1. The molecule has 0 aliphatic carbocycles. The van der Waals surface area contributed by atoms with Gasteiger partial charge >= 0.3 is 5.97 Å². The van der Waals surface area contributed by atoms with Crippen LogP contribution in [0.2, 0.25) is 0 Å². The molecule has 19 heavy (non-hydrogen) atoms. The number of aliphatic hydroxyl groups is 1. The minimum Gasteiger partial charge on any atom is -0.508 e. The van der Waals surface area contributed by atoms with Crippen molar-refractivity contribution < 1.29 is 29.3 Å². The number of carbonyl (C=O) groups is 2. The summed E-state index contributed by atoms with van der Waals surface area (Å²) in [6, 6.07) is 1.82. The first-order valence-corrected chi connectivity index (χ1v) is 5.60. The van der Waals surface area contributed by atoms with Crippen LogP contribution in [0.25, 0.3) is 0 Å². The third-order valence-electron chi connectivity index (χ3n) is 3.01. The van der Waals surface area contributed by atoms with Gasteiger partial charge in [-0.05, 0) is 12.1 Å². The monoisotopic (exact) mass is 269 g/mol. The molecule has 1 aromatic rings. The smallest absolute Gasteiger partial charge is 0.326 e. The topological polar surface area (TPSA) is 98.1 Å². The Morgan fingerprint density at radius 3 is 2.63 bits per heavy atom. The average Bonchev–Trinajstić information content (AvgIpc) is 2.70. The second-order valence-corrected chi connectivity index (χ2v) is 4.37. The number of likely N-dealkylation sites (tertiary alicyclic amines) is 1. The van der Waals surface area contributed by atoms with E-state index in [1.165, 1.54) is 0 Å². The molecule has 1 heterocycles. The van der Waals surface area contributed by atoms with E-state index < -0.39 is 29.8 Å². The third-order valence-corrected chi connectivity index (χ3v) is 3.01. The Morgan fingerprint density at radius 1 is 1.37 bits per heavy atom. The fraction of sp³-hybridized carbons (Fsp3) is 0.333. The Bertz CT molecular complexity index is 533. The zero-order valence-electron chi connectivity index (χ0n) is 9.78. The molecule has 1 aromatic carbocycles. The van der Waals surface area contributed by atoms with Crippen LogP contribution < -0.4 is 0 Å². The van der Waals surface area contributed by atoms with Crippen molar-refractivity contribution in [3.05, 3.63) is 29.6 Å². The maximum absolute atomic E-state index is 13.6. The quantitative estimate of drug-likeness (QED) is 0.712. The number of aromatic hydroxyl groups is 1. The van der Waals surface area contributed by atoms with E-state index in [2.05, 4.69) is 0 Å². The summed E-state index contributed by atoms with van der Waals surface area (Å²) in [4.78, 5) is 24.0. The number of carbonyl (C=O) groups excluding carboxylic acids is 1. The highest BCUT2D eigenvalue weighted by molar-refractivity contribution is 5.97.